The molecule has 9 heteroatoms. The average Bonchev–Trinajstić information content (AvgIpc) is 2.97. The van der Waals surface area contributed by atoms with Crippen LogP contribution in [0.2, 0.25) is 5.02 Å². The molecule has 30 heavy (non-hydrogen) atoms. The molecule has 3 N–H and O–H groups in total. The van der Waals surface area contributed by atoms with E-state index in [1.165, 1.54) is 4.68 Å². The van der Waals surface area contributed by atoms with Gasteiger partial charge in [0.1, 0.15) is 11.4 Å². The first kappa shape index (κ1) is 23.4. The first-order valence-electron chi connectivity index (χ1n) is 9.55. The number of rotatable bonds is 7. The summed E-state index contributed by atoms with van der Waals surface area (Å²) in [5.41, 5.74) is 6.89. The number of benzene rings is 1. The van der Waals surface area contributed by atoms with Gasteiger partial charge in [-0.05, 0) is 31.5 Å². The van der Waals surface area contributed by atoms with Crippen LogP contribution < -0.4 is 11.1 Å². The van der Waals surface area contributed by atoms with E-state index in [0.29, 0.717) is 17.8 Å². The van der Waals surface area contributed by atoms with E-state index in [4.69, 9.17) is 22.1 Å². The standard InChI is InChI=1S/C21H27ClN4O4/c1-6-26-18(23)17(12(2)25-26)19(28)30-11-16(27)14-9-13(7-8-15(14)22)10-24-20(29)21(3,4)5/h7-9H,6,10-11,23H2,1-5H3,(H,24,29). The van der Waals surface area contributed by atoms with Crippen LogP contribution >= 0.6 is 11.6 Å². The molecule has 0 atom stereocenters. The quantitative estimate of drug-likeness (QED) is 0.510. The summed E-state index contributed by atoms with van der Waals surface area (Å²) in [4.78, 5) is 37.0. The molecule has 162 valence electrons. The van der Waals surface area contributed by atoms with Crippen LogP contribution in [-0.2, 0) is 22.6 Å². The predicted octanol–water partition coefficient (Wildman–Crippen LogP) is 3.15. The number of amides is 1. The average molecular weight is 435 g/mol. The van der Waals surface area contributed by atoms with Gasteiger partial charge in [-0.15, -0.1) is 0 Å². The van der Waals surface area contributed by atoms with E-state index in [9.17, 15) is 14.4 Å². The van der Waals surface area contributed by atoms with E-state index >= 15 is 0 Å². The molecule has 1 heterocycles. The van der Waals surface area contributed by atoms with Gasteiger partial charge in [-0.3, -0.25) is 9.59 Å². The molecule has 2 aromatic rings. The van der Waals surface area contributed by atoms with Crippen molar-refractivity contribution in [3.63, 3.8) is 0 Å². The van der Waals surface area contributed by atoms with Crippen molar-refractivity contribution < 1.29 is 19.1 Å². The third-order valence-corrected chi connectivity index (χ3v) is 4.80. The van der Waals surface area contributed by atoms with E-state index in [1.54, 1.807) is 25.1 Å². The molecule has 0 fully saturated rings. The highest BCUT2D eigenvalue weighted by Gasteiger charge is 2.23. The fourth-order valence-electron chi connectivity index (χ4n) is 2.72. The van der Waals surface area contributed by atoms with E-state index < -0.39 is 23.8 Å². The van der Waals surface area contributed by atoms with Crippen LogP contribution in [-0.4, -0.2) is 34.0 Å². The third kappa shape index (κ3) is 5.38. The van der Waals surface area contributed by atoms with Gasteiger partial charge in [0.25, 0.3) is 0 Å². The highest BCUT2D eigenvalue weighted by atomic mass is 35.5. The smallest absolute Gasteiger partial charge is 0.344 e. The fraction of sp³-hybridized carbons (Fsp3) is 0.429. The van der Waals surface area contributed by atoms with Gasteiger partial charge in [0, 0.05) is 24.1 Å². The number of carbonyl (C=O) groups is 3. The summed E-state index contributed by atoms with van der Waals surface area (Å²) in [6, 6.07) is 4.87. The van der Waals surface area contributed by atoms with Crippen LogP contribution in [0.4, 0.5) is 5.82 Å². The van der Waals surface area contributed by atoms with E-state index in [2.05, 4.69) is 10.4 Å². The van der Waals surface area contributed by atoms with Crippen molar-refractivity contribution in [2.75, 3.05) is 12.3 Å². The topological polar surface area (TPSA) is 116 Å². The molecule has 0 unspecified atom stereocenters. The van der Waals surface area contributed by atoms with Gasteiger partial charge in [0.15, 0.2) is 6.61 Å². The lowest BCUT2D eigenvalue weighted by molar-refractivity contribution is -0.128. The lowest BCUT2D eigenvalue weighted by Crippen LogP contribution is -2.34. The zero-order valence-corrected chi connectivity index (χ0v) is 18.6. The predicted molar refractivity (Wildman–Crippen MR) is 114 cm³/mol. The lowest BCUT2D eigenvalue weighted by Gasteiger charge is -2.18. The zero-order valence-electron chi connectivity index (χ0n) is 17.8. The Kier molecular flexibility index (Phi) is 7.25. The van der Waals surface area contributed by atoms with Gasteiger partial charge < -0.3 is 15.8 Å². The first-order valence-corrected chi connectivity index (χ1v) is 9.93. The van der Waals surface area contributed by atoms with Crippen molar-refractivity contribution in [1.29, 1.82) is 0 Å². The number of aromatic nitrogens is 2. The van der Waals surface area contributed by atoms with Crippen molar-refractivity contribution in [1.82, 2.24) is 15.1 Å². The molecule has 1 amide bonds. The second-order valence-corrected chi connectivity index (χ2v) is 8.31. The minimum Gasteiger partial charge on any atom is -0.454 e. The third-order valence-electron chi connectivity index (χ3n) is 4.47. The van der Waals surface area contributed by atoms with Crippen molar-refractivity contribution in [2.45, 2.75) is 47.7 Å². The number of nitrogens with one attached hydrogen (secondary N) is 1. The second-order valence-electron chi connectivity index (χ2n) is 7.91. The molecule has 8 nitrogen and oxygen atoms in total. The van der Waals surface area contributed by atoms with Gasteiger partial charge in [-0.2, -0.15) is 5.10 Å². The summed E-state index contributed by atoms with van der Waals surface area (Å²) in [5, 5.41) is 7.21. The van der Waals surface area contributed by atoms with Crippen molar-refractivity contribution in [2.24, 2.45) is 5.41 Å². The number of ketones is 1. The summed E-state index contributed by atoms with van der Waals surface area (Å²) < 4.78 is 6.64. The molecule has 1 aromatic carbocycles. The Bertz CT molecular complexity index is 976. The van der Waals surface area contributed by atoms with Crippen LogP contribution in [0.25, 0.3) is 0 Å². The number of anilines is 1. The number of nitrogens with zero attached hydrogens (tertiary/aromatic N) is 2. The number of halogens is 1. The molecular formula is C21H27ClN4O4. The van der Waals surface area contributed by atoms with Gasteiger partial charge in [0.2, 0.25) is 11.7 Å². The maximum Gasteiger partial charge on any atom is 0.344 e. The maximum absolute atomic E-state index is 12.6. The summed E-state index contributed by atoms with van der Waals surface area (Å²) in [7, 11) is 0. The number of aryl methyl sites for hydroxylation is 2. The fourth-order valence-corrected chi connectivity index (χ4v) is 2.94. The highest BCUT2D eigenvalue weighted by molar-refractivity contribution is 6.34. The lowest BCUT2D eigenvalue weighted by atomic mass is 9.95. The molecule has 0 spiro atoms. The number of ether oxygens (including phenoxy) is 1. The van der Waals surface area contributed by atoms with Crippen molar-refractivity contribution >= 4 is 35.1 Å². The normalized spacial score (nSPS) is 11.3. The molecule has 0 saturated carbocycles. The molecule has 0 aliphatic carbocycles. The van der Waals surface area contributed by atoms with Gasteiger partial charge in [0.05, 0.1) is 10.7 Å². The Hall–Kier alpha value is -2.87. The van der Waals surface area contributed by atoms with Crippen molar-refractivity contribution in [3.8, 4) is 0 Å². The number of hydrogen-bond acceptors (Lipinski definition) is 6. The SMILES string of the molecule is CCn1nc(C)c(C(=O)OCC(=O)c2cc(CNC(=O)C(C)(C)C)ccc2Cl)c1N. The molecule has 0 radical (unpaired) electrons. The Balaban J connectivity index is 2.07. The van der Waals surface area contributed by atoms with Crippen LogP contribution in [0.1, 0.15) is 59.7 Å². The van der Waals surface area contributed by atoms with E-state index in [1.807, 2.05) is 27.7 Å². The van der Waals surface area contributed by atoms with Crippen LogP contribution in [0, 0.1) is 12.3 Å². The van der Waals surface area contributed by atoms with Gasteiger partial charge in [-0.25, -0.2) is 9.48 Å². The number of hydrogen-bond donors (Lipinski definition) is 2. The Labute approximate surface area is 180 Å². The molecule has 0 bridgehead atoms. The number of nitrogens with two attached hydrogens (primary N) is 1. The van der Waals surface area contributed by atoms with Crippen LogP contribution in [0.5, 0.6) is 0 Å². The minimum atomic E-state index is -0.720. The van der Waals surface area contributed by atoms with Crippen LogP contribution in [0.15, 0.2) is 18.2 Å². The molecule has 0 aliphatic rings. The summed E-state index contributed by atoms with van der Waals surface area (Å²) in [6.07, 6.45) is 0. The number of nitrogen functional groups attached to an aromatic ring is 1. The molecule has 0 saturated heterocycles. The number of esters is 1. The Morgan fingerprint density at radius 1 is 1.27 bits per heavy atom. The second kappa shape index (κ2) is 9.30. The minimum absolute atomic E-state index is 0.111. The molecular weight excluding hydrogens is 408 g/mol. The van der Waals surface area contributed by atoms with Gasteiger partial charge >= 0.3 is 5.97 Å². The zero-order chi connectivity index (χ0) is 22.6. The monoisotopic (exact) mass is 434 g/mol. The summed E-state index contributed by atoms with van der Waals surface area (Å²) >= 11 is 6.15. The number of carbonyl (C=O) groups excluding carboxylic acids is 3. The number of Topliss-reactive ketones (excluding diaryl/α,β-unsaturated/α-hetero) is 1. The largest absolute Gasteiger partial charge is 0.454 e. The Morgan fingerprint density at radius 2 is 1.93 bits per heavy atom. The molecule has 2 rings (SSSR count). The summed E-state index contributed by atoms with van der Waals surface area (Å²) in [5.74, 6) is -1.10. The van der Waals surface area contributed by atoms with Crippen LogP contribution in [0.3, 0.4) is 0 Å². The van der Waals surface area contributed by atoms with E-state index in [-0.39, 0.29) is 34.4 Å². The maximum atomic E-state index is 12.6. The van der Waals surface area contributed by atoms with E-state index in [0.717, 1.165) is 0 Å². The molecule has 0 aliphatic heterocycles. The summed E-state index contributed by atoms with van der Waals surface area (Å²) in [6.45, 7) is 9.19. The molecule has 1 aromatic heterocycles. The van der Waals surface area contributed by atoms with Crippen molar-refractivity contribution in [3.05, 3.63) is 45.6 Å². The highest BCUT2D eigenvalue weighted by Crippen LogP contribution is 2.21. The Morgan fingerprint density at radius 3 is 2.50 bits per heavy atom. The first-order chi connectivity index (χ1) is 14.0. The van der Waals surface area contributed by atoms with Gasteiger partial charge in [-0.1, -0.05) is 38.4 Å².